The van der Waals surface area contributed by atoms with Gasteiger partial charge in [-0.25, -0.2) is 9.78 Å². The van der Waals surface area contributed by atoms with Crippen molar-refractivity contribution in [1.29, 1.82) is 0 Å². The zero-order chi connectivity index (χ0) is 16.7. The molecule has 1 aromatic carbocycles. The molecule has 0 aliphatic carbocycles. The highest BCUT2D eigenvalue weighted by Gasteiger charge is 2.33. The van der Waals surface area contributed by atoms with Gasteiger partial charge in [-0.05, 0) is 19.4 Å². The van der Waals surface area contributed by atoms with Gasteiger partial charge in [0, 0.05) is 24.0 Å². The van der Waals surface area contributed by atoms with Gasteiger partial charge >= 0.3 is 5.97 Å². The zero-order valence-corrected chi connectivity index (χ0v) is 12.5. The first-order valence-electron chi connectivity index (χ1n) is 6.89. The molecule has 2 N–H and O–H groups in total. The number of hydrogen-bond donors (Lipinski definition) is 2. The summed E-state index contributed by atoms with van der Waals surface area (Å²) in [5.74, 6) is -0.565. The second-order valence-corrected chi connectivity index (χ2v) is 5.34. The van der Waals surface area contributed by atoms with Crippen LogP contribution in [0.3, 0.4) is 0 Å². The number of carbonyl (C=O) groups is 1. The van der Waals surface area contributed by atoms with E-state index >= 15 is 0 Å². The first kappa shape index (κ1) is 14.8. The fourth-order valence-corrected chi connectivity index (χ4v) is 2.80. The van der Waals surface area contributed by atoms with Gasteiger partial charge < -0.3 is 15.0 Å². The maximum absolute atomic E-state index is 11.7. The predicted molar refractivity (Wildman–Crippen MR) is 82.2 cm³/mol. The molecule has 0 saturated heterocycles. The molecule has 118 valence electrons. The third kappa shape index (κ3) is 2.44. The maximum Gasteiger partial charge on any atom is 0.335 e. The van der Waals surface area contributed by atoms with Gasteiger partial charge in [0.2, 0.25) is 5.95 Å². The number of nitro benzene ring substituents is 1. The lowest BCUT2D eigenvalue weighted by Gasteiger charge is -2.28. The lowest BCUT2D eigenvalue weighted by molar-refractivity contribution is -0.384. The van der Waals surface area contributed by atoms with Crippen molar-refractivity contribution < 1.29 is 14.8 Å². The average molecular weight is 314 g/mol. The van der Waals surface area contributed by atoms with Crippen molar-refractivity contribution in [2.75, 3.05) is 5.32 Å². The summed E-state index contributed by atoms with van der Waals surface area (Å²) >= 11 is 0. The molecule has 0 fully saturated rings. The fraction of sp³-hybridized carbons (Fsp3) is 0.200. The first-order valence-corrected chi connectivity index (χ1v) is 6.89. The Labute approximate surface area is 131 Å². The van der Waals surface area contributed by atoms with E-state index in [4.69, 9.17) is 0 Å². The quantitative estimate of drug-likeness (QED) is 0.665. The summed E-state index contributed by atoms with van der Waals surface area (Å²) < 4.78 is 1.69. The number of carboxylic acid groups (broad SMARTS) is 1. The highest BCUT2D eigenvalue weighted by molar-refractivity contribution is 5.90. The minimum atomic E-state index is -1.08. The second kappa shape index (κ2) is 5.24. The van der Waals surface area contributed by atoms with Crippen molar-refractivity contribution in [3.8, 4) is 0 Å². The number of hydrogen-bond acceptors (Lipinski definition) is 5. The molecule has 0 bridgehead atoms. The summed E-state index contributed by atoms with van der Waals surface area (Å²) in [6.45, 7) is 3.45. The molecular formula is C15H14N4O4. The lowest BCUT2D eigenvalue weighted by Crippen LogP contribution is -2.27. The average Bonchev–Trinajstić information content (AvgIpc) is 2.85. The molecule has 2 heterocycles. The van der Waals surface area contributed by atoms with Gasteiger partial charge in [-0.15, -0.1) is 0 Å². The van der Waals surface area contributed by atoms with Crippen molar-refractivity contribution in [1.82, 2.24) is 9.55 Å². The fourth-order valence-electron chi connectivity index (χ4n) is 2.80. The van der Waals surface area contributed by atoms with Crippen molar-refractivity contribution in [3.05, 3.63) is 63.1 Å². The van der Waals surface area contributed by atoms with Gasteiger partial charge in [0.1, 0.15) is 0 Å². The summed E-state index contributed by atoms with van der Waals surface area (Å²) in [7, 11) is 0. The highest BCUT2D eigenvalue weighted by atomic mass is 16.6. The second-order valence-electron chi connectivity index (χ2n) is 5.34. The number of aryl methyl sites for hydroxylation is 1. The number of carboxylic acids is 1. The van der Waals surface area contributed by atoms with E-state index in [0.29, 0.717) is 17.2 Å². The molecule has 0 spiro atoms. The van der Waals surface area contributed by atoms with Gasteiger partial charge in [-0.2, -0.15) is 0 Å². The third-order valence-corrected chi connectivity index (χ3v) is 3.73. The van der Waals surface area contributed by atoms with Gasteiger partial charge in [-0.1, -0.05) is 12.1 Å². The molecule has 1 aliphatic heterocycles. The summed E-state index contributed by atoms with van der Waals surface area (Å²) in [6.07, 6.45) is 1.72. The number of aromatic nitrogens is 2. The Morgan fingerprint density at radius 1 is 1.43 bits per heavy atom. The van der Waals surface area contributed by atoms with E-state index in [1.54, 1.807) is 36.7 Å². The monoisotopic (exact) mass is 314 g/mol. The number of nitrogens with one attached hydrogen (secondary N) is 1. The Bertz CT molecular complexity index is 853. The molecule has 8 heteroatoms. The van der Waals surface area contributed by atoms with E-state index in [0.717, 1.165) is 5.69 Å². The molecule has 0 amide bonds. The number of fused-ring (bicyclic) bond motifs is 1. The number of imidazole rings is 1. The maximum atomic E-state index is 11.7. The number of allylic oxidation sites excluding steroid dienone is 1. The molecule has 23 heavy (non-hydrogen) atoms. The SMILES string of the molecule is CC1=C(C(=O)O)C(c2cccc([N+](=O)[O-])c2)n2cc(C)nc2N1. The summed E-state index contributed by atoms with van der Waals surface area (Å²) in [5.41, 5.74) is 1.77. The van der Waals surface area contributed by atoms with E-state index in [1.807, 2.05) is 0 Å². The lowest BCUT2D eigenvalue weighted by atomic mass is 9.95. The first-order chi connectivity index (χ1) is 10.9. The highest BCUT2D eigenvalue weighted by Crippen LogP contribution is 2.37. The zero-order valence-electron chi connectivity index (χ0n) is 12.5. The molecule has 3 rings (SSSR count). The van der Waals surface area contributed by atoms with Crippen LogP contribution in [-0.2, 0) is 4.79 Å². The van der Waals surface area contributed by atoms with Crippen LogP contribution >= 0.6 is 0 Å². The molecule has 1 unspecified atom stereocenters. The van der Waals surface area contributed by atoms with E-state index in [2.05, 4.69) is 10.3 Å². The summed E-state index contributed by atoms with van der Waals surface area (Å²) in [6, 6.07) is 5.32. The van der Waals surface area contributed by atoms with Gasteiger partial charge in [0.25, 0.3) is 5.69 Å². The molecule has 0 saturated carbocycles. The van der Waals surface area contributed by atoms with E-state index in [1.165, 1.54) is 12.1 Å². The van der Waals surface area contributed by atoms with Gasteiger partial charge in [-0.3, -0.25) is 10.1 Å². The Morgan fingerprint density at radius 3 is 2.83 bits per heavy atom. The standard InChI is InChI=1S/C15H14N4O4/c1-8-7-18-13(10-4-3-5-11(6-10)19(22)23)12(14(20)21)9(2)17-15(18)16-8/h3-7,13H,1-2H3,(H,16,17)(H,20,21). The van der Waals surface area contributed by atoms with Crippen LogP contribution < -0.4 is 5.32 Å². The van der Waals surface area contributed by atoms with E-state index < -0.39 is 16.9 Å². The Hall–Kier alpha value is -3.16. The number of non-ortho nitro benzene ring substituents is 1. The van der Waals surface area contributed by atoms with Crippen molar-refractivity contribution in [2.24, 2.45) is 0 Å². The van der Waals surface area contributed by atoms with E-state index in [9.17, 15) is 20.0 Å². The van der Waals surface area contributed by atoms with Crippen molar-refractivity contribution in [3.63, 3.8) is 0 Å². The molecule has 1 aliphatic rings. The third-order valence-electron chi connectivity index (χ3n) is 3.73. The molecule has 1 aromatic heterocycles. The topological polar surface area (TPSA) is 110 Å². The minimum Gasteiger partial charge on any atom is -0.478 e. The molecule has 1 atom stereocenters. The number of nitrogens with zero attached hydrogens (tertiary/aromatic N) is 3. The minimum absolute atomic E-state index is 0.0817. The van der Waals surface area contributed by atoms with Crippen molar-refractivity contribution in [2.45, 2.75) is 19.9 Å². The van der Waals surface area contributed by atoms with E-state index in [-0.39, 0.29) is 11.3 Å². The largest absolute Gasteiger partial charge is 0.478 e. The van der Waals surface area contributed by atoms with Crippen LogP contribution in [0, 0.1) is 17.0 Å². The van der Waals surface area contributed by atoms with Crippen molar-refractivity contribution >= 4 is 17.6 Å². The van der Waals surface area contributed by atoms with Crippen LogP contribution in [-0.4, -0.2) is 25.6 Å². The Morgan fingerprint density at radius 2 is 2.17 bits per heavy atom. The van der Waals surface area contributed by atoms with Gasteiger partial charge in [0.15, 0.2) is 0 Å². The van der Waals surface area contributed by atoms with Crippen LogP contribution in [0.1, 0.15) is 24.2 Å². The van der Waals surface area contributed by atoms with Crippen LogP contribution in [0.15, 0.2) is 41.7 Å². The number of anilines is 1. The predicted octanol–water partition coefficient (Wildman–Crippen LogP) is 2.47. The van der Waals surface area contributed by atoms with Crippen LogP contribution in [0.5, 0.6) is 0 Å². The number of aliphatic carboxylic acids is 1. The Kier molecular flexibility index (Phi) is 3.36. The molecule has 0 radical (unpaired) electrons. The van der Waals surface area contributed by atoms with Crippen LogP contribution in [0.4, 0.5) is 11.6 Å². The molecule has 2 aromatic rings. The molecule has 8 nitrogen and oxygen atoms in total. The van der Waals surface area contributed by atoms with Crippen LogP contribution in [0.2, 0.25) is 0 Å². The number of nitro groups is 1. The Balaban J connectivity index is 2.22. The number of benzene rings is 1. The normalized spacial score (nSPS) is 16.7. The molecular weight excluding hydrogens is 300 g/mol. The summed E-state index contributed by atoms with van der Waals surface area (Å²) in [4.78, 5) is 26.6. The van der Waals surface area contributed by atoms with Gasteiger partial charge in [0.05, 0.1) is 22.2 Å². The summed E-state index contributed by atoms with van der Waals surface area (Å²) in [5, 5.41) is 23.6. The van der Waals surface area contributed by atoms with Crippen LogP contribution in [0.25, 0.3) is 0 Å². The smallest absolute Gasteiger partial charge is 0.335 e. The number of rotatable bonds is 3.